The van der Waals surface area contributed by atoms with E-state index in [1.807, 2.05) is 24.3 Å². The van der Waals surface area contributed by atoms with Crippen LogP contribution in [-0.2, 0) is 12.5 Å². The van der Waals surface area contributed by atoms with Crippen LogP contribution in [0.4, 0.5) is 0 Å². The molecule has 1 heterocycles. The Bertz CT molecular complexity index is 482. The summed E-state index contributed by atoms with van der Waals surface area (Å²) in [5.41, 5.74) is 3.28. The molecule has 0 aliphatic heterocycles. The fourth-order valence-corrected chi connectivity index (χ4v) is 1.67. The Hall–Kier alpha value is -1.54. The topological polar surface area (TPSA) is 22.1 Å². The molecule has 2 aromatic rings. The third-order valence-electron chi connectivity index (χ3n) is 2.59. The predicted molar refractivity (Wildman–Crippen MR) is 69.3 cm³/mol. The number of hydrogen-bond donors (Lipinski definition) is 0. The van der Waals surface area contributed by atoms with Gasteiger partial charge in [-0.3, -0.25) is 4.98 Å². The van der Waals surface area contributed by atoms with Crippen LogP contribution in [0.15, 0.2) is 42.6 Å². The van der Waals surface area contributed by atoms with E-state index in [0.29, 0.717) is 12.5 Å². The van der Waals surface area contributed by atoms with Crippen molar-refractivity contribution in [2.45, 2.75) is 19.4 Å². The average molecular weight is 248 g/mol. The van der Waals surface area contributed by atoms with Crippen LogP contribution in [0.1, 0.15) is 16.8 Å². The summed E-state index contributed by atoms with van der Waals surface area (Å²) < 4.78 is 5.67. The molecule has 0 amide bonds. The summed E-state index contributed by atoms with van der Waals surface area (Å²) in [5, 5.41) is 0. The van der Waals surface area contributed by atoms with E-state index in [-0.39, 0.29) is 0 Å². The van der Waals surface area contributed by atoms with Crippen molar-refractivity contribution in [1.29, 1.82) is 0 Å². The molecule has 0 N–H and O–H groups in total. The van der Waals surface area contributed by atoms with Gasteiger partial charge in [-0.25, -0.2) is 0 Å². The lowest BCUT2D eigenvalue weighted by atomic mass is 10.1. The zero-order chi connectivity index (χ0) is 12.1. The summed E-state index contributed by atoms with van der Waals surface area (Å²) in [6.45, 7) is 2.64. The van der Waals surface area contributed by atoms with Crippen molar-refractivity contribution in [1.82, 2.24) is 4.98 Å². The molecule has 3 heteroatoms. The highest BCUT2D eigenvalue weighted by molar-refractivity contribution is 6.16. The molecule has 2 nitrogen and oxygen atoms in total. The first kappa shape index (κ1) is 11.9. The van der Waals surface area contributed by atoms with Gasteiger partial charge in [0.05, 0.1) is 17.8 Å². The van der Waals surface area contributed by atoms with Crippen LogP contribution in [0, 0.1) is 6.92 Å². The molecule has 0 spiro atoms. The quantitative estimate of drug-likeness (QED) is 0.769. The van der Waals surface area contributed by atoms with Crippen molar-refractivity contribution in [3.05, 3.63) is 59.4 Å². The normalized spacial score (nSPS) is 10.2. The fourth-order valence-electron chi connectivity index (χ4n) is 1.51. The number of benzene rings is 1. The van der Waals surface area contributed by atoms with Crippen LogP contribution in [0.5, 0.6) is 5.75 Å². The molecule has 1 aromatic carbocycles. The number of halogens is 1. The second-order valence-electron chi connectivity index (χ2n) is 3.83. The molecule has 0 saturated carbocycles. The third-order valence-corrected chi connectivity index (χ3v) is 2.86. The number of ether oxygens (including phenoxy) is 1. The van der Waals surface area contributed by atoms with Crippen molar-refractivity contribution in [2.75, 3.05) is 0 Å². The summed E-state index contributed by atoms with van der Waals surface area (Å²) in [4.78, 5) is 4.17. The van der Waals surface area contributed by atoms with Gasteiger partial charge in [-0.15, -0.1) is 11.6 Å². The second-order valence-corrected chi connectivity index (χ2v) is 4.10. The lowest BCUT2D eigenvalue weighted by Crippen LogP contribution is -1.98. The highest BCUT2D eigenvalue weighted by Gasteiger charge is 1.99. The summed E-state index contributed by atoms with van der Waals surface area (Å²) >= 11 is 5.67. The molecule has 88 valence electrons. The molecule has 2 rings (SSSR count). The lowest BCUT2D eigenvalue weighted by Gasteiger charge is -2.08. The molecule has 0 unspecified atom stereocenters. The van der Waals surface area contributed by atoms with Gasteiger partial charge in [-0.2, -0.15) is 0 Å². The van der Waals surface area contributed by atoms with E-state index < -0.39 is 0 Å². The summed E-state index contributed by atoms with van der Waals surface area (Å²) in [7, 11) is 0. The number of aromatic nitrogens is 1. The molecule has 1 aromatic heterocycles. The molecule has 0 bridgehead atoms. The predicted octanol–water partition coefficient (Wildman–Crippen LogP) is 3.71. The lowest BCUT2D eigenvalue weighted by molar-refractivity contribution is 0.304. The second kappa shape index (κ2) is 5.69. The minimum atomic E-state index is 0.429. The molecule has 0 fully saturated rings. The van der Waals surface area contributed by atoms with Crippen LogP contribution >= 0.6 is 11.6 Å². The van der Waals surface area contributed by atoms with Crippen molar-refractivity contribution < 1.29 is 4.74 Å². The molecule has 0 saturated heterocycles. The van der Waals surface area contributed by atoms with E-state index in [2.05, 4.69) is 24.0 Å². The highest BCUT2D eigenvalue weighted by atomic mass is 35.5. The van der Waals surface area contributed by atoms with Crippen molar-refractivity contribution in [3.8, 4) is 5.75 Å². The van der Waals surface area contributed by atoms with Crippen molar-refractivity contribution >= 4 is 11.6 Å². The standard InChI is InChI=1S/C14H14ClNO/c1-11-4-2-3-5-12(11)10-17-14-7-6-13(8-15)16-9-14/h2-7,9H,8,10H2,1H3. The Balaban J connectivity index is 2.00. The number of hydrogen-bond acceptors (Lipinski definition) is 2. The van der Waals surface area contributed by atoms with Crippen LogP contribution < -0.4 is 4.74 Å². The Morgan fingerprint density at radius 2 is 2.00 bits per heavy atom. The van der Waals surface area contributed by atoms with Crippen molar-refractivity contribution in [3.63, 3.8) is 0 Å². The summed E-state index contributed by atoms with van der Waals surface area (Å²) in [5.74, 6) is 1.19. The summed E-state index contributed by atoms with van der Waals surface area (Å²) in [6, 6.07) is 11.9. The van der Waals surface area contributed by atoms with Gasteiger partial charge >= 0.3 is 0 Å². The smallest absolute Gasteiger partial charge is 0.138 e. The fraction of sp³-hybridized carbons (Fsp3) is 0.214. The van der Waals surface area contributed by atoms with Gasteiger partial charge in [0.1, 0.15) is 12.4 Å². The van der Waals surface area contributed by atoms with E-state index in [1.54, 1.807) is 6.20 Å². The molecule has 0 radical (unpaired) electrons. The first-order valence-electron chi connectivity index (χ1n) is 5.48. The number of pyridine rings is 1. The van der Waals surface area contributed by atoms with Crippen LogP contribution in [0.25, 0.3) is 0 Å². The monoisotopic (exact) mass is 247 g/mol. The molecular formula is C14H14ClNO. The largest absolute Gasteiger partial charge is 0.487 e. The average Bonchev–Trinajstić information content (AvgIpc) is 2.38. The Morgan fingerprint density at radius 1 is 1.18 bits per heavy atom. The minimum Gasteiger partial charge on any atom is -0.487 e. The van der Waals surface area contributed by atoms with Crippen molar-refractivity contribution in [2.24, 2.45) is 0 Å². The molecular weight excluding hydrogens is 234 g/mol. The molecule has 0 atom stereocenters. The Morgan fingerprint density at radius 3 is 2.65 bits per heavy atom. The molecule has 17 heavy (non-hydrogen) atoms. The maximum Gasteiger partial charge on any atom is 0.138 e. The Labute approximate surface area is 106 Å². The minimum absolute atomic E-state index is 0.429. The first-order chi connectivity index (χ1) is 8.29. The molecule has 0 aliphatic carbocycles. The number of rotatable bonds is 4. The SMILES string of the molecule is Cc1ccccc1COc1ccc(CCl)nc1. The Kier molecular flexibility index (Phi) is 3.99. The van der Waals surface area contributed by atoms with E-state index in [4.69, 9.17) is 16.3 Å². The number of alkyl halides is 1. The zero-order valence-corrected chi connectivity index (χ0v) is 10.4. The van der Waals surface area contributed by atoms with Gasteiger partial charge in [0.15, 0.2) is 0 Å². The van der Waals surface area contributed by atoms with E-state index >= 15 is 0 Å². The van der Waals surface area contributed by atoms with Crippen LogP contribution in [-0.4, -0.2) is 4.98 Å². The zero-order valence-electron chi connectivity index (χ0n) is 9.69. The van der Waals surface area contributed by atoms with Gasteiger partial charge in [-0.1, -0.05) is 24.3 Å². The maximum atomic E-state index is 5.67. The van der Waals surface area contributed by atoms with Gasteiger partial charge < -0.3 is 4.74 Å². The van der Waals surface area contributed by atoms with Gasteiger partial charge in [0.25, 0.3) is 0 Å². The van der Waals surface area contributed by atoms with E-state index in [9.17, 15) is 0 Å². The summed E-state index contributed by atoms with van der Waals surface area (Å²) in [6.07, 6.45) is 1.70. The number of nitrogens with zero attached hydrogens (tertiary/aromatic N) is 1. The molecule has 0 aliphatic rings. The third kappa shape index (κ3) is 3.21. The highest BCUT2D eigenvalue weighted by Crippen LogP contribution is 2.14. The van der Waals surface area contributed by atoms with Crippen LogP contribution in [0.3, 0.4) is 0 Å². The first-order valence-corrected chi connectivity index (χ1v) is 6.01. The van der Waals surface area contributed by atoms with E-state index in [0.717, 1.165) is 11.4 Å². The van der Waals surface area contributed by atoms with Gasteiger partial charge in [-0.05, 0) is 30.2 Å². The number of aryl methyl sites for hydroxylation is 1. The van der Waals surface area contributed by atoms with Gasteiger partial charge in [0.2, 0.25) is 0 Å². The maximum absolute atomic E-state index is 5.67. The van der Waals surface area contributed by atoms with Gasteiger partial charge in [0, 0.05) is 0 Å². The van der Waals surface area contributed by atoms with E-state index in [1.165, 1.54) is 11.1 Å². The van der Waals surface area contributed by atoms with Crippen LogP contribution in [0.2, 0.25) is 0 Å².